The van der Waals surface area contributed by atoms with Gasteiger partial charge in [-0.1, -0.05) is 35.3 Å². The molecule has 7 heteroatoms. The summed E-state index contributed by atoms with van der Waals surface area (Å²) in [4.78, 5) is 17.2. The van der Waals surface area contributed by atoms with Gasteiger partial charge in [-0.05, 0) is 25.1 Å². The van der Waals surface area contributed by atoms with Crippen molar-refractivity contribution in [2.45, 2.75) is 6.92 Å². The zero-order valence-electron chi connectivity index (χ0n) is 13.3. The van der Waals surface area contributed by atoms with Crippen LogP contribution in [0.15, 0.2) is 30.3 Å². The fraction of sp³-hybridized carbons (Fsp3) is 0.353. The predicted octanol–water partition coefficient (Wildman–Crippen LogP) is 4.42. The minimum absolute atomic E-state index is 0.00783. The zero-order chi connectivity index (χ0) is 17.1. The lowest BCUT2D eigenvalue weighted by Crippen LogP contribution is -2.48. The van der Waals surface area contributed by atoms with E-state index >= 15 is 0 Å². The highest BCUT2D eigenvalue weighted by Gasteiger charge is 2.25. The summed E-state index contributed by atoms with van der Waals surface area (Å²) < 4.78 is 6.16. The molecular weight excluding hydrogens is 367 g/mol. The van der Waals surface area contributed by atoms with Gasteiger partial charge in [0.1, 0.15) is 10.1 Å². The minimum atomic E-state index is -0.00783. The lowest BCUT2D eigenvalue weighted by molar-refractivity contribution is 0.0751. The van der Waals surface area contributed by atoms with Crippen LogP contribution >= 0.6 is 34.5 Å². The third-order valence-corrected chi connectivity index (χ3v) is 5.78. The maximum Gasteiger partial charge on any atom is 0.264 e. The number of hydrogen-bond donors (Lipinski definition) is 0. The summed E-state index contributed by atoms with van der Waals surface area (Å²) >= 11 is 13.1. The summed E-state index contributed by atoms with van der Waals surface area (Å²) in [6, 6.07) is 9.66. The molecule has 2 aromatic rings. The molecule has 1 amide bonds. The molecular formula is C17H18Cl2N2O2S. The molecule has 1 aromatic heterocycles. The molecule has 1 saturated heterocycles. The molecule has 0 unspecified atom stereocenters. The Morgan fingerprint density at radius 3 is 2.54 bits per heavy atom. The van der Waals surface area contributed by atoms with Crippen molar-refractivity contribution < 1.29 is 9.53 Å². The highest BCUT2D eigenvalue weighted by atomic mass is 35.5. The van der Waals surface area contributed by atoms with E-state index in [9.17, 15) is 4.79 Å². The van der Waals surface area contributed by atoms with Crippen LogP contribution in [0.25, 0.3) is 0 Å². The Labute approximate surface area is 155 Å². The number of benzene rings is 1. The first-order valence-electron chi connectivity index (χ1n) is 7.81. The van der Waals surface area contributed by atoms with E-state index in [2.05, 4.69) is 11.0 Å². The average molecular weight is 385 g/mol. The number of nitrogens with zero attached hydrogens (tertiary/aromatic N) is 2. The molecule has 0 bridgehead atoms. The van der Waals surface area contributed by atoms with E-state index in [0.29, 0.717) is 33.9 Å². The normalized spacial score (nSPS) is 14.8. The maximum atomic E-state index is 12.6. The number of hydrogen-bond acceptors (Lipinski definition) is 4. The topological polar surface area (TPSA) is 32.8 Å². The van der Waals surface area contributed by atoms with Gasteiger partial charge in [0.25, 0.3) is 5.91 Å². The Hall–Kier alpha value is -1.43. The second kappa shape index (κ2) is 7.64. The Bertz CT molecular complexity index is 708. The van der Waals surface area contributed by atoms with Crippen molar-refractivity contribution in [1.29, 1.82) is 0 Å². The summed E-state index contributed by atoms with van der Waals surface area (Å²) in [7, 11) is 0. The smallest absolute Gasteiger partial charge is 0.264 e. The van der Waals surface area contributed by atoms with Gasteiger partial charge >= 0.3 is 0 Å². The number of ether oxygens (including phenoxy) is 1. The molecule has 2 heterocycles. The number of piperazine rings is 1. The van der Waals surface area contributed by atoms with Crippen LogP contribution in [-0.2, 0) is 0 Å². The van der Waals surface area contributed by atoms with Gasteiger partial charge in [0.05, 0.1) is 22.2 Å². The van der Waals surface area contributed by atoms with Gasteiger partial charge in [0.15, 0.2) is 0 Å². The van der Waals surface area contributed by atoms with Crippen molar-refractivity contribution in [3.63, 3.8) is 0 Å². The number of anilines is 1. The first kappa shape index (κ1) is 17.4. The van der Waals surface area contributed by atoms with E-state index < -0.39 is 0 Å². The largest absolute Gasteiger partial charge is 0.492 e. The van der Waals surface area contributed by atoms with Gasteiger partial charge < -0.3 is 14.5 Å². The molecule has 1 aliphatic heterocycles. The van der Waals surface area contributed by atoms with E-state index in [4.69, 9.17) is 27.9 Å². The summed E-state index contributed by atoms with van der Waals surface area (Å²) in [6.07, 6.45) is 0. The first-order valence-corrected chi connectivity index (χ1v) is 9.38. The number of amides is 1. The SMILES string of the molecule is CCOc1ccccc1N1CCN(C(=O)c2cc(Cl)c(Cl)s2)CC1. The van der Waals surface area contributed by atoms with Crippen LogP contribution in [0.2, 0.25) is 9.36 Å². The van der Waals surface area contributed by atoms with Crippen molar-refractivity contribution in [3.05, 3.63) is 44.6 Å². The average Bonchev–Trinajstić information content (AvgIpc) is 2.94. The van der Waals surface area contributed by atoms with Crippen LogP contribution < -0.4 is 9.64 Å². The van der Waals surface area contributed by atoms with Crippen LogP contribution in [0, 0.1) is 0 Å². The van der Waals surface area contributed by atoms with Crippen molar-refractivity contribution >= 4 is 46.1 Å². The number of carbonyl (C=O) groups excluding carboxylic acids is 1. The molecule has 0 saturated carbocycles. The molecule has 128 valence electrons. The molecule has 0 atom stereocenters. The molecule has 1 aromatic carbocycles. The standard InChI is InChI=1S/C17H18Cl2N2O2S/c1-2-23-14-6-4-3-5-13(14)20-7-9-21(10-8-20)17(22)15-11-12(18)16(19)24-15/h3-6,11H,2,7-10H2,1H3. The lowest BCUT2D eigenvalue weighted by atomic mass is 10.2. The minimum Gasteiger partial charge on any atom is -0.492 e. The number of thiophene rings is 1. The molecule has 4 nitrogen and oxygen atoms in total. The predicted molar refractivity (Wildman–Crippen MR) is 100 cm³/mol. The molecule has 1 aliphatic rings. The molecule has 24 heavy (non-hydrogen) atoms. The van der Waals surface area contributed by atoms with Crippen molar-refractivity contribution in [2.24, 2.45) is 0 Å². The Morgan fingerprint density at radius 1 is 1.21 bits per heavy atom. The van der Waals surface area contributed by atoms with Crippen LogP contribution in [0.3, 0.4) is 0 Å². The zero-order valence-corrected chi connectivity index (χ0v) is 15.6. The van der Waals surface area contributed by atoms with E-state index in [1.807, 2.05) is 30.0 Å². The van der Waals surface area contributed by atoms with Gasteiger partial charge in [0.2, 0.25) is 0 Å². The third-order valence-electron chi connectivity index (χ3n) is 3.93. The molecule has 3 rings (SSSR count). The van der Waals surface area contributed by atoms with Crippen molar-refractivity contribution in [1.82, 2.24) is 4.90 Å². The van der Waals surface area contributed by atoms with E-state index in [-0.39, 0.29) is 5.91 Å². The summed E-state index contributed by atoms with van der Waals surface area (Å²) in [5.74, 6) is 0.878. The molecule has 0 radical (unpaired) electrons. The number of para-hydroxylation sites is 2. The molecule has 0 spiro atoms. The second-order valence-electron chi connectivity index (χ2n) is 5.41. The third kappa shape index (κ3) is 3.63. The Morgan fingerprint density at radius 2 is 1.92 bits per heavy atom. The second-order valence-corrected chi connectivity index (χ2v) is 7.47. The van der Waals surface area contributed by atoms with Crippen LogP contribution in [-0.4, -0.2) is 43.6 Å². The first-order chi connectivity index (χ1) is 11.6. The molecule has 1 fully saturated rings. The van der Waals surface area contributed by atoms with Gasteiger partial charge in [-0.15, -0.1) is 11.3 Å². The van der Waals surface area contributed by atoms with Gasteiger partial charge in [-0.25, -0.2) is 0 Å². The molecule has 0 aliphatic carbocycles. The van der Waals surface area contributed by atoms with Crippen LogP contribution in [0.5, 0.6) is 5.75 Å². The monoisotopic (exact) mass is 384 g/mol. The number of halogens is 2. The summed E-state index contributed by atoms with van der Waals surface area (Å²) in [5, 5.41) is 0.439. The Balaban J connectivity index is 1.66. The van der Waals surface area contributed by atoms with Crippen molar-refractivity contribution in [3.8, 4) is 5.75 Å². The number of carbonyl (C=O) groups is 1. The molecule has 0 N–H and O–H groups in total. The highest BCUT2D eigenvalue weighted by Crippen LogP contribution is 2.33. The van der Waals surface area contributed by atoms with Crippen LogP contribution in [0.1, 0.15) is 16.6 Å². The van der Waals surface area contributed by atoms with E-state index in [1.54, 1.807) is 6.07 Å². The quantitative estimate of drug-likeness (QED) is 0.781. The van der Waals surface area contributed by atoms with Gasteiger partial charge in [0, 0.05) is 26.2 Å². The van der Waals surface area contributed by atoms with Crippen LogP contribution in [0.4, 0.5) is 5.69 Å². The summed E-state index contributed by atoms with van der Waals surface area (Å²) in [5.41, 5.74) is 1.08. The van der Waals surface area contributed by atoms with Crippen molar-refractivity contribution in [2.75, 3.05) is 37.7 Å². The van der Waals surface area contributed by atoms with Gasteiger partial charge in [-0.3, -0.25) is 4.79 Å². The fourth-order valence-electron chi connectivity index (χ4n) is 2.75. The van der Waals surface area contributed by atoms with E-state index in [0.717, 1.165) is 24.5 Å². The Kier molecular flexibility index (Phi) is 5.54. The highest BCUT2D eigenvalue weighted by molar-refractivity contribution is 7.18. The van der Waals surface area contributed by atoms with Gasteiger partial charge in [-0.2, -0.15) is 0 Å². The summed E-state index contributed by atoms with van der Waals surface area (Å²) in [6.45, 7) is 5.46. The lowest BCUT2D eigenvalue weighted by Gasteiger charge is -2.36. The fourth-order valence-corrected chi connectivity index (χ4v) is 4.09. The van der Waals surface area contributed by atoms with E-state index in [1.165, 1.54) is 11.3 Å². The number of rotatable bonds is 4. The maximum absolute atomic E-state index is 12.6.